The smallest absolute Gasteiger partial charge is 0.330 e. The van der Waals surface area contributed by atoms with Crippen molar-refractivity contribution < 1.29 is 4.74 Å². The van der Waals surface area contributed by atoms with E-state index in [-0.39, 0.29) is 17.9 Å². The van der Waals surface area contributed by atoms with E-state index in [2.05, 4.69) is 4.98 Å². The summed E-state index contributed by atoms with van der Waals surface area (Å²) in [6.07, 6.45) is 1.68. The zero-order chi connectivity index (χ0) is 14.0. The second-order valence-corrected chi connectivity index (χ2v) is 4.25. The Morgan fingerprint density at radius 2 is 2.00 bits per heavy atom. The van der Waals surface area contributed by atoms with Crippen molar-refractivity contribution in [2.45, 2.75) is 13.5 Å². The van der Waals surface area contributed by atoms with Crippen LogP contribution in [0.2, 0.25) is 0 Å². The predicted octanol–water partition coefficient (Wildman–Crippen LogP) is 0.366. The number of aryl methyl sites for hydroxylation is 1. The molecule has 0 bridgehead atoms. The van der Waals surface area contributed by atoms with Crippen molar-refractivity contribution in [2.24, 2.45) is 14.1 Å². The summed E-state index contributed by atoms with van der Waals surface area (Å²) in [6.45, 7) is 1.98. The Hall–Kier alpha value is -2.37. The summed E-state index contributed by atoms with van der Waals surface area (Å²) in [5.74, 6) is 0.635. The van der Waals surface area contributed by atoms with Crippen molar-refractivity contribution in [3.05, 3.63) is 56.6 Å². The molecule has 0 aliphatic rings. The van der Waals surface area contributed by atoms with Crippen molar-refractivity contribution in [1.82, 2.24) is 14.1 Å². The minimum Gasteiger partial charge on any atom is -0.485 e. The second kappa shape index (κ2) is 5.09. The molecule has 0 spiro atoms. The molecule has 0 aromatic carbocycles. The van der Waals surface area contributed by atoms with E-state index in [1.807, 2.05) is 6.92 Å². The lowest BCUT2D eigenvalue weighted by atomic mass is 10.3. The average Bonchev–Trinajstić information content (AvgIpc) is 2.40. The van der Waals surface area contributed by atoms with Gasteiger partial charge < -0.3 is 4.74 Å². The Kier molecular flexibility index (Phi) is 3.50. The first-order chi connectivity index (χ1) is 9.00. The van der Waals surface area contributed by atoms with Gasteiger partial charge in [0.1, 0.15) is 12.4 Å². The normalized spacial score (nSPS) is 10.5. The van der Waals surface area contributed by atoms with Crippen LogP contribution in [0.15, 0.2) is 34.0 Å². The number of nitrogens with zero attached hydrogens (tertiary/aromatic N) is 3. The number of rotatable bonds is 3. The van der Waals surface area contributed by atoms with Gasteiger partial charge in [-0.1, -0.05) is 0 Å². The standard InChI is InChI=1S/C13H15N3O3/c1-9-11(5-4-6-14-9)19-8-10-7-12(17)16(3)13(18)15(10)2/h4-7H,8H2,1-3H3. The van der Waals surface area contributed by atoms with Gasteiger partial charge in [-0.15, -0.1) is 0 Å². The first kappa shape index (κ1) is 13.1. The number of hydrogen-bond acceptors (Lipinski definition) is 4. The quantitative estimate of drug-likeness (QED) is 0.800. The Morgan fingerprint density at radius 3 is 2.68 bits per heavy atom. The van der Waals surface area contributed by atoms with Crippen LogP contribution in [0.1, 0.15) is 11.4 Å². The summed E-state index contributed by atoms with van der Waals surface area (Å²) in [5.41, 5.74) is 0.575. The first-order valence-corrected chi connectivity index (χ1v) is 5.81. The van der Waals surface area contributed by atoms with Crippen LogP contribution < -0.4 is 16.0 Å². The van der Waals surface area contributed by atoms with Crippen LogP contribution in [0.3, 0.4) is 0 Å². The van der Waals surface area contributed by atoms with Crippen molar-refractivity contribution >= 4 is 0 Å². The Morgan fingerprint density at radius 1 is 1.26 bits per heavy atom. The number of aromatic nitrogens is 3. The molecule has 0 fully saturated rings. The fourth-order valence-corrected chi connectivity index (χ4v) is 1.69. The van der Waals surface area contributed by atoms with Crippen molar-refractivity contribution in [3.8, 4) is 5.75 Å². The summed E-state index contributed by atoms with van der Waals surface area (Å²) >= 11 is 0. The van der Waals surface area contributed by atoms with Crippen LogP contribution in [0.5, 0.6) is 5.75 Å². The minimum absolute atomic E-state index is 0.147. The van der Waals surface area contributed by atoms with E-state index in [4.69, 9.17) is 4.74 Å². The first-order valence-electron chi connectivity index (χ1n) is 5.81. The van der Waals surface area contributed by atoms with Gasteiger partial charge in [-0.25, -0.2) is 4.79 Å². The molecule has 0 saturated carbocycles. The molecule has 2 aromatic rings. The van der Waals surface area contributed by atoms with Gasteiger partial charge in [-0.05, 0) is 19.1 Å². The van der Waals surface area contributed by atoms with E-state index in [0.29, 0.717) is 11.4 Å². The SMILES string of the molecule is Cc1ncccc1OCc1cc(=O)n(C)c(=O)n1C. The van der Waals surface area contributed by atoms with Gasteiger partial charge in [-0.2, -0.15) is 0 Å². The highest BCUT2D eigenvalue weighted by molar-refractivity contribution is 5.25. The highest BCUT2D eigenvalue weighted by Gasteiger charge is 2.07. The summed E-state index contributed by atoms with van der Waals surface area (Å²) < 4.78 is 8.03. The molecule has 0 saturated heterocycles. The topological polar surface area (TPSA) is 66.1 Å². The molecule has 0 aliphatic heterocycles. The molecule has 100 valence electrons. The van der Waals surface area contributed by atoms with Crippen LogP contribution in [0.25, 0.3) is 0 Å². The van der Waals surface area contributed by atoms with Gasteiger partial charge >= 0.3 is 5.69 Å². The summed E-state index contributed by atoms with van der Waals surface area (Å²) in [7, 11) is 3.05. The van der Waals surface area contributed by atoms with E-state index in [1.165, 1.54) is 17.7 Å². The van der Waals surface area contributed by atoms with Crippen LogP contribution in [0.4, 0.5) is 0 Å². The summed E-state index contributed by atoms with van der Waals surface area (Å²) in [6, 6.07) is 4.96. The van der Waals surface area contributed by atoms with Crippen molar-refractivity contribution in [2.75, 3.05) is 0 Å². The van der Waals surface area contributed by atoms with Gasteiger partial charge in [-0.3, -0.25) is 18.9 Å². The summed E-state index contributed by atoms with van der Waals surface area (Å²) in [5, 5.41) is 0. The Bertz CT molecular complexity index is 716. The number of pyridine rings is 1. The van der Waals surface area contributed by atoms with Gasteiger partial charge in [0.15, 0.2) is 0 Å². The van der Waals surface area contributed by atoms with Crippen LogP contribution in [-0.2, 0) is 20.7 Å². The van der Waals surface area contributed by atoms with Crippen LogP contribution in [0, 0.1) is 6.92 Å². The molecule has 19 heavy (non-hydrogen) atoms. The lowest BCUT2D eigenvalue weighted by Crippen LogP contribution is -2.38. The van der Waals surface area contributed by atoms with E-state index in [9.17, 15) is 9.59 Å². The third kappa shape index (κ3) is 2.57. The lowest BCUT2D eigenvalue weighted by molar-refractivity contribution is 0.290. The molecular formula is C13H15N3O3. The molecule has 2 heterocycles. The molecular weight excluding hydrogens is 246 g/mol. The molecule has 0 aliphatic carbocycles. The molecule has 0 unspecified atom stereocenters. The monoisotopic (exact) mass is 261 g/mol. The third-order valence-corrected chi connectivity index (χ3v) is 2.96. The molecule has 0 N–H and O–H groups in total. The predicted molar refractivity (Wildman–Crippen MR) is 70.2 cm³/mol. The fourth-order valence-electron chi connectivity index (χ4n) is 1.69. The second-order valence-electron chi connectivity index (χ2n) is 4.25. The molecule has 2 aromatic heterocycles. The zero-order valence-electron chi connectivity index (χ0n) is 11.1. The van der Waals surface area contributed by atoms with E-state index < -0.39 is 0 Å². The van der Waals surface area contributed by atoms with Crippen molar-refractivity contribution in [1.29, 1.82) is 0 Å². The highest BCUT2D eigenvalue weighted by Crippen LogP contribution is 2.14. The Labute approximate surface area is 109 Å². The minimum atomic E-state index is -0.367. The van der Waals surface area contributed by atoms with Gasteiger partial charge in [0.05, 0.1) is 11.4 Å². The molecule has 0 radical (unpaired) electrons. The maximum absolute atomic E-state index is 11.7. The average molecular weight is 261 g/mol. The number of hydrogen-bond donors (Lipinski definition) is 0. The zero-order valence-corrected chi connectivity index (χ0v) is 11.1. The van der Waals surface area contributed by atoms with E-state index in [1.54, 1.807) is 25.4 Å². The molecule has 6 nitrogen and oxygen atoms in total. The number of ether oxygens (including phenoxy) is 1. The van der Waals surface area contributed by atoms with Gasteiger partial charge in [0, 0.05) is 26.4 Å². The molecule has 0 atom stereocenters. The highest BCUT2D eigenvalue weighted by atomic mass is 16.5. The molecule has 2 rings (SSSR count). The lowest BCUT2D eigenvalue weighted by Gasteiger charge is -2.11. The van der Waals surface area contributed by atoms with Crippen molar-refractivity contribution in [3.63, 3.8) is 0 Å². The molecule has 0 amide bonds. The van der Waals surface area contributed by atoms with E-state index in [0.717, 1.165) is 10.3 Å². The van der Waals surface area contributed by atoms with Gasteiger partial charge in [0.25, 0.3) is 5.56 Å². The van der Waals surface area contributed by atoms with Gasteiger partial charge in [0.2, 0.25) is 0 Å². The third-order valence-electron chi connectivity index (χ3n) is 2.96. The van der Waals surface area contributed by atoms with E-state index >= 15 is 0 Å². The maximum Gasteiger partial charge on any atom is 0.330 e. The summed E-state index contributed by atoms with van der Waals surface area (Å²) in [4.78, 5) is 27.4. The Balaban J connectivity index is 2.29. The van der Waals surface area contributed by atoms with Crippen LogP contribution in [-0.4, -0.2) is 14.1 Å². The maximum atomic E-state index is 11.7. The van der Waals surface area contributed by atoms with Crippen LogP contribution >= 0.6 is 0 Å². The molecule has 6 heteroatoms. The fraction of sp³-hybridized carbons (Fsp3) is 0.308. The largest absolute Gasteiger partial charge is 0.485 e.